The van der Waals surface area contributed by atoms with Gasteiger partial charge in [0.1, 0.15) is 5.84 Å². The van der Waals surface area contributed by atoms with Gasteiger partial charge in [-0.3, -0.25) is 19.2 Å². The summed E-state index contributed by atoms with van der Waals surface area (Å²) in [4.78, 5) is 16.5. The Morgan fingerprint density at radius 2 is 1.96 bits per heavy atom. The maximum Gasteiger partial charge on any atom is 0.262 e. The second kappa shape index (κ2) is 9.01. The maximum absolute atomic E-state index is 12.5. The van der Waals surface area contributed by atoms with Crippen molar-refractivity contribution in [1.82, 2.24) is 14.5 Å². The van der Waals surface area contributed by atoms with E-state index in [1.807, 2.05) is 13.2 Å². The number of carbonyl (C=O) groups is 1. The minimum absolute atomic E-state index is 0.134. The van der Waals surface area contributed by atoms with E-state index in [-0.39, 0.29) is 10.8 Å². The standard InChI is InChI=1S/C19H25N5O3S/c1-24-14-15(13-21-24)6-11-19(25)22-16-7-9-17(10-8-16)28(26,27)23-18-5-3-2-4-12-20-18/h7-10,13-14H,2-6,11-12H2,1H3,(H,20,23)(H,22,25). The molecule has 2 N–H and O–H groups in total. The number of sulfonamides is 1. The molecule has 0 radical (unpaired) electrons. The van der Waals surface area contributed by atoms with E-state index in [1.54, 1.807) is 23.0 Å². The van der Waals surface area contributed by atoms with Crippen LogP contribution in [0.5, 0.6) is 0 Å². The van der Waals surface area contributed by atoms with Gasteiger partial charge in [0.05, 0.1) is 11.1 Å². The number of aliphatic imine (C=N–C) groups is 1. The number of rotatable bonds is 6. The molecule has 1 aliphatic heterocycles. The minimum Gasteiger partial charge on any atom is -0.326 e. The number of nitrogens with one attached hydrogen (secondary N) is 2. The molecule has 28 heavy (non-hydrogen) atoms. The Bertz CT molecular complexity index is 948. The number of carbonyl (C=O) groups excluding carboxylic acids is 1. The van der Waals surface area contributed by atoms with E-state index in [0.717, 1.165) is 24.8 Å². The average molecular weight is 404 g/mol. The summed E-state index contributed by atoms with van der Waals surface area (Å²) in [6.45, 7) is 0.655. The fourth-order valence-corrected chi connectivity index (χ4v) is 4.06. The van der Waals surface area contributed by atoms with Gasteiger partial charge in [-0.1, -0.05) is 6.42 Å². The smallest absolute Gasteiger partial charge is 0.262 e. The molecular formula is C19H25N5O3S. The Morgan fingerprint density at radius 1 is 1.18 bits per heavy atom. The zero-order valence-corrected chi connectivity index (χ0v) is 16.7. The lowest BCUT2D eigenvalue weighted by atomic mass is 10.2. The van der Waals surface area contributed by atoms with Crippen LogP contribution in [0, 0.1) is 0 Å². The molecule has 2 heterocycles. The minimum atomic E-state index is -3.67. The van der Waals surface area contributed by atoms with Crippen molar-refractivity contribution in [3.63, 3.8) is 0 Å². The fraction of sp³-hybridized carbons (Fsp3) is 0.421. The van der Waals surface area contributed by atoms with Crippen LogP contribution in [0.25, 0.3) is 0 Å². The highest BCUT2D eigenvalue weighted by Crippen LogP contribution is 2.16. The molecule has 1 aromatic carbocycles. The van der Waals surface area contributed by atoms with Crippen LogP contribution in [0.15, 0.2) is 46.5 Å². The van der Waals surface area contributed by atoms with Crippen molar-refractivity contribution in [2.45, 2.75) is 43.4 Å². The van der Waals surface area contributed by atoms with E-state index < -0.39 is 10.0 Å². The summed E-state index contributed by atoms with van der Waals surface area (Å²) < 4.78 is 29.3. The lowest BCUT2D eigenvalue weighted by Crippen LogP contribution is -2.30. The summed E-state index contributed by atoms with van der Waals surface area (Å²) in [5.74, 6) is 0.385. The Morgan fingerprint density at radius 3 is 2.68 bits per heavy atom. The number of benzene rings is 1. The summed E-state index contributed by atoms with van der Waals surface area (Å²) in [6.07, 6.45) is 8.16. The van der Waals surface area contributed by atoms with Crippen molar-refractivity contribution in [2.75, 3.05) is 11.9 Å². The van der Waals surface area contributed by atoms with Crippen LogP contribution in [-0.4, -0.2) is 36.5 Å². The highest BCUT2D eigenvalue weighted by atomic mass is 32.2. The van der Waals surface area contributed by atoms with Gasteiger partial charge in [0.25, 0.3) is 10.0 Å². The summed E-state index contributed by atoms with van der Waals surface area (Å²) in [6, 6.07) is 6.14. The van der Waals surface area contributed by atoms with Gasteiger partial charge in [-0.2, -0.15) is 5.10 Å². The van der Waals surface area contributed by atoms with Crippen molar-refractivity contribution in [3.05, 3.63) is 42.2 Å². The largest absolute Gasteiger partial charge is 0.326 e. The highest BCUT2D eigenvalue weighted by Gasteiger charge is 2.17. The molecule has 0 aliphatic carbocycles. The lowest BCUT2D eigenvalue weighted by Gasteiger charge is -2.10. The topological polar surface area (TPSA) is 105 Å². The van der Waals surface area contributed by atoms with Gasteiger partial charge in [-0.15, -0.1) is 0 Å². The normalized spacial score (nSPS) is 14.8. The molecule has 0 saturated heterocycles. The monoisotopic (exact) mass is 403 g/mol. The molecule has 2 aromatic rings. The van der Waals surface area contributed by atoms with Crippen LogP contribution in [0.2, 0.25) is 0 Å². The van der Waals surface area contributed by atoms with E-state index in [9.17, 15) is 13.2 Å². The van der Waals surface area contributed by atoms with Gasteiger partial charge in [0.15, 0.2) is 0 Å². The van der Waals surface area contributed by atoms with Crippen molar-refractivity contribution in [2.24, 2.45) is 12.0 Å². The number of amides is 1. The van der Waals surface area contributed by atoms with Crippen molar-refractivity contribution >= 4 is 27.5 Å². The van der Waals surface area contributed by atoms with E-state index in [1.165, 1.54) is 12.1 Å². The predicted molar refractivity (Wildman–Crippen MR) is 108 cm³/mol. The Hall–Kier alpha value is -2.68. The summed E-state index contributed by atoms with van der Waals surface area (Å²) >= 11 is 0. The van der Waals surface area contributed by atoms with Gasteiger partial charge in [-0.25, -0.2) is 8.42 Å². The Kier molecular flexibility index (Phi) is 6.45. The average Bonchev–Trinajstić information content (AvgIpc) is 2.91. The molecule has 0 unspecified atom stereocenters. The number of nitrogens with zero attached hydrogens (tertiary/aromatic N) is 3. The molecule has 1 aliphatic rings. The number of anilines is 1. The van der Waals surface area contributed by atoms with E-state index in [0.29, 0.717) is 37.3 Å². The van der Waals surface area contributed by atoms with Gasteiger partial charge in [-0.05, 0) is 49.1 Å². The van der Waals surface area contributed by atoms with Crippen molar-refractivity contribution in [3.8, 4) is 0 Å². The number of hydrogen-bond acceptors (Lipinski definition) is 5. The molecule has 9 heteroatoms. The lowest BCUT2D eigenvalue weighted by molar-refractivity contribution is -0.116. The molecule has 0 atom stereocenters. The molecule has 3 rings (SSSR count). The zero-order chi connectivity index (χ0) is 20.0. The van der Waals surface area contributed by atoms with Crippen molar-refractivity contribution in [1.29, 1.82) is 0 Å². The van der Waals surface area contributed by atoms with Crippen LogP contribution in [0.1, 0.15) is 37.7 Å². The van der Waals surface area contributed by atoms with Crippen LogP contribution in [-0.2, 0) is 28.3 Å². The van der Waals surface area contributed by atoms with E-state index in [4.69, 9.17) is 0 Å². The predicted octanol–water partition coefficient (Wildman–Crippen LogP) is 2.24. The molecule has 1 amide bonds. The molecule has 0 fully saturated rings. The van der Waals surface area contributed by atoms with Crippen LogP contribution < -0.4 is 10.0 Å². The molecule has 8 nitrogen and oxygen atoms in total. The fourth-order valence-electron chi connectivity index (χ4n) is 2.97. The third kappa shape index (κ3) is 5.66. The molecule has 1 aromatic heterocycles. The highest BCUT2D eigenvalue weighted by molar-refractivity contribution is 7.90. The first-order chi connectivity index (χ1) is 13.4. The van der Waals surface area contributed by atoms with E-state index >= 15 is 0 Å². The van der Waals surface area contributed by atoms with Gasteiger partial charge >= 0.3 is 0 Å². The first kappa shape index (κ1) is 20.1. The summed E-state index contributed by atoms with van der Waals surface area (Å²) in [5.41, 5.74) is 1.55. The number of hydrogen-bond donors (Lipinski definition) is 2. The van der Waals surface area contributed by atoms with Gasteiger partial charge in [0.2, 0.25) is 5.91 Å². The second-order valence-electron chi connectivity index (χ2n) is 6.84. The molecule has 150 valence electrons. The maximum atomic E-state index is 12.5. The third-order valence-electron chi connectivity index (χ3n) is 4.47. The summed E-state index contributed by atoms with van der Waals surface area (Å²) in [7, 11) is -1.84. The molecule has 0 spiro atoms. The molecule has 0 saturated carbocycles. The SMILES string of the molecule is Cn1cc(CCC(=O)Nc2ccc(S(=O)(=O)NC3=NCCCCC3)cc2)cn1. The summed E-state index contributed by atoms with van der Waals surface area (Å²) in [5, 5.41) is 6.85. The Labute approximate surface area is 165 Å². The molecule has 0 bridgehead atoms. The quantitative estimate of drug-likeness (QED) is 0.771. The van der Waals surface area contributed by atoms with Crippen LogP contribution in [0.4, 0.5) is 5.69 Å². The number of aryl methyl sites for hydroxylation is 2. The third-order valence-corrected chi connectivity index (χ3v) is 5.87. The van der Waals surface area contributed by atoms with Crippen LogP contribution >= 0.6 is 0 Å². The Balaban J connectivity index is 1.56. The van der Waals surface area contributed by atoms with Crippen molar-refractivity contribution < 1.29 is 13.2 Å². The van der Waals surface area contributed by atoms with Gasteiger partial charge < -0.3 is 5.32 Å². The molecular weight excluding hydrogens is 378 g/mol. The first-order valence-electron chi connectivity index (χ1n) is 9.36. The van der Waals surface area contributed by atoms with Crippen LogP contribution in [0.3, 0.4) is 0 Å². The first-order valence-corrected chi connectivity index (χ1v) is 10.8. The number of aromatic nitrogens is 2. The van der Waals surface area contributed by atoms with E-state index in [2.05, 4.69) is 20.1 Å². The van der Waals surface area contributed by atoms with Gasteiger partial charge in [0, 0.05) is 38.3 Å². The zero-order valence-electron chi connectivity index (χ0n) is 15.9. The second-order valence-corrected chi connectivity index (χ2v) is 8.52. The number of amidine groups is 1.